The molecule has 3 heterocycles. The highest BCUT2D eigenvalue weighted by atomic mass is 19.4. The molecule has 3 aromatic carbocycles. The maximum atomic E-state index is 14.2. The molecule has 2 fully saturated rings. The summed E-state index contributed by atoms with van der Waals surface area (Å²) < 4.78 is 115. The monoisotopic (exact) mass is 1010 g/mol. The molecule has 2 saturated heterocycles. The number of ether oxygens (including phenoxy) is 3. The first-order chi connectivity index (χ1) is 33.8. The zero-order valence-corrected chi connectivity index (χ0v) is 41.0. The van der Waals surface area contributed by atoms with Crippen LogP contribution >= 0.6 is 0 Å². The second kappa shape index (κ2) is 21.2. The van der Waals surface area contributed by atoms with Crippen LogP contribution in [0.5, 0.6) is 0 Å². The van der Waals surface area contributed by atoms with Crippen molar-refractivity contribution in [1.82, 2.24) is 24.6 Å². The maximum absolute atomic E-state index is 14.2. The van der Waals surface area contributed by atoms with Gasteiger partial charge in [-0.15, -0.1) is 0 Å². The van der Waals surface area contributed by atoms with Gasteiger partial charge in [-0.3, -0.25) is 19.3 Å². The van der Waals surface area contributed by atoms with Crippen LogP contribution in [0.2, 0.25) is 0 Å². The number of pyridine rings is 1. The summed E-state index contributed by atoms with van der Waals surface area (Å²) in [5, 5.41) is 0. The van der Waals surface area contributed by atoms with Crippen LogP contribution < -0.4 is 4.90 Å². The minimum absolute atomic E-state index is 0.0333. The summed E-state index contributed by atoms with van der Waals surface area (Å²) in [6, 6.07) is 17.4. The topological polar surface area (TPSA) is 125 Å². The Kier molecular flexibility index (Phi) is 15.8. The molecule has 7 rings (SSSR count). The van der Waals surface area contributed by atoms with E-state index in [1.807, 2.05) is 12.1 Å². The highest BCUT2D eigenvalue weighted by molar-refractivity contribution is 5.95. The van der Waals surface area contributed by atoms with Crippen molar-refractivity contribution in [3.05, 3.63) is 130 Å². The van der Waals surface area contributed by atoms with E-state index in [-0.39, 0.29) is 49.3 Å². The number of anilines is 1. The summed E-state index contributed by atoms with van der Waals surface area (Å²) in [4.78, 5) is 64.7. The highest BCUT2D eigenvalue weighted by Gasteiger charge is 2.50. The van der Waals surface area contributed by atoms with Gasteiger partial charge in [0, 0.05) is 51.8 Å². The lowest BCUT2D eigenvalue weighted by molar-refractivity contribution is -0.143. The van der Waals surface area contributed by atoms with E-state index in [0.717, 1.165) is 16.0 Å². The molecule has 4 amide bonds. The third kappa shape index (κ3) is 12.2. The van der Waals surface area contributed by atoms with Crippen molar-refractivity contribution in [2.24, 2.45) is 0 Å². The van der Waals surface area contributed by atoms with Crippen LogP contribution in [0.1, 0.15) is 95.1 Å². The standard InChI is InChI=1S/C52H59F7N6O7/c1-48(2,3)72-47(69)63(6)40-16-17-42(60-30-40)46(68)62(5)22-9-21-61(4)44(66)31-70-43-28-34-10-7-8-11-41(34)49(43)18-23-64(24-19-49)25-20-50(36-12-14-39(53)15-13-36)32-65(33-71-50)45(67)35-26-37(51(54,55)56)29-38(27-35)52(57,58)59/h7-8,10-17,26-27,29-30,43H,9,18-25,28,31-33H2,1-6H3/t43-,50-/m0/s1. The van der Waals surface area contributed by atoms with Gasteiger partial charge in [0.25, 0.3) is 11.8 Å². The summed E-state index contributed by atoms with van der Waals surface area (Å²) in [7, 11) is 4.89. The molecule has 0 unspecified atom stereocenters. The van der Waals surface area contributed by atoms with Gasteiger partial charge >= 0.3 is 18.4 Å². The lowest BCUT2D eigenvalue weighted by Crippen LogP contribution is -2.50. The predicted molar refractivity (Wildman–Crippen MR) is 251 cm³/mol. The molecule has 0 radical (unpaired) electrons. The lowest BCUT2D eigenvalue weighted by atomic mass is 9.72. The van der Waals surface area contributed by atoms with E-state index >= 15 is 0 Å². The van der Waals surface area contributed by atoms with Crippen LogP contribution in [0.15, 0.2) is 85.1 Å². The fourth-order valence-electron chi connectivity index (χ4n) is 9.69. The van der Waals surface area contributed by atoms with Gasteiger partial charge in [0.2, 0.25) is 5.91 Å². The van der Waals surface area contributed by atoms with Gasteiger partial charge in [-0.1, -0.05) is 36.4 Å². The normalized spacial score (nSPS) is 19.0. The Hall–Kier alpha value is -6.12. The summed E-state index contributed by atoms with van der Waals surface area (Å²) >= 11 is 0. The molecule has 1 aromatic heterocycles. The molecule has 13 nitrogen and oxygen atoms in total. The van der Waals surface area contributed by atoms with Crippen molar-refractivity contribution in [3.63, 3.8) is 0 Å². The van der Waals surface area contributed by atoms with Crippen molar-refractivity contribution in [2.45, 2.75) is 87.9 Å². The number of piperidine rings is 1. The first-order valence-corrected chi connectivity index (χ1v) is 23.6. The Balaban J connectivity index is 0.941. The number of alkyl halides is 6. The Morgan fingerprint density at radius 2 is 1.47 bits per heavy atom. The molecule has 1 spiro atoms. The Morgan fingerprint density at radius 3 is 2.08 bits per heavy atom. The Bertz CT molecular complexity index is 2570. The smallest absolute Gasteiger partial charge is 0.416 e. The number of amides is 4. The molecular weight excluding hydrogens is 954 g/mol. The van der Waals surface area contributed by atoms with Crippen molar-refractivity contribution in [2.75, 3.05) is 78.6 Å². The quantitative estimate of drug-likeness (QED) is 0.114. The predicted octanol–water partition coefficient (Wildman–Crippen LogP) is 8.94. The van der Waals surface area contributed by atoms with Gasteiger partial charge in [-0.05, 0) is 125 Å². The molecule has 2 atom stereocenters. The van der Waals surface area contributed by atoms with Crippen LogP contribution in [-0.4, -0.2) is 134 Å². The number of likely N-dealkylation sites (tertiary alicyclic amines) is 1. The number of hydrogen-bond acceptors (Lipinski definition) is 9. The molecule has 20 heteroatoms. The number of fused-ring (bicyclic) bond motifs is 2. The fourth-order valence-corrected chi connectivity index (χ4v) is 9.69. The molecule has 3 aliphatic rings. The molecule has 0 N–H and O–H groups in total. The van der Waals surface area contributed by atoms with Gasteiger partial charge in [0.05, 0.1) is 35.7 Å². The van der Waals surface area contributed by atoms with E-state index in [9.17, 15) is 49.9 Å². The summed E-state index contributed by atoms with van der Waals surface area (Å²) in [6.45, 7) is 6.82. The summed E-state index contributed by atoms with van der Waals surface area (Å²) in [5.41, 5.74) is -2.92. The minimum Gasteiger partial charge on any atom is -0.443 e. The number of aromatic nitrogens is 1. The van der Waals surface area contributed by atoms with Crippen LogP contribution in [0.25, 0.3) is 0 Å². The third-order valence-electron chi connectivity index (χ3n) is 13.8. The van der Waals surface area contributed by atoms with Gasteiger partial charge in [0.1, 0.15) is 36.1 Å². The largest absolute Gasteiger partial charge is 0.443 e. The number of nitrogens with zero attached hydrogens (tertiary/aromatic N) is 6. The van der Waals surface area contributed by atoms with E-state index < -0.39 is 70.2 Å². The molecule has 1 aliphatic carbocycles. The average Bonchev–Trinajstić information content (AvgIpc) is 3.91. The molecule has 4 aromatic rings. The number of carbonyl (C=O) groups excluding carboxylic acids is 4. The molecule has 2 aliphatic heterocycles. The number of benzene rings is 3. The Morgan fingerprint density at radius 1 is 0.833 bits per heavy atom. The molecular formula is C52H59F7N6O7. The number of likely N-dealkylation sites (N-methyl/N-ethyl adjacent to an activating group) is 1. The number of rotatable bonds is 14. The van der Waals surface area contributed by atoms with Gasteiger partial charge < -0.3 is 33.8 Å². The molecule has 0 bridgehead atoms. The van der Waals surface area contributed by atoms with Gasteiger partial charge in [0.15, 0.2) is 0 Å². The zero-order chi connectivity index (χ0) is 52.4. The zero-order valence-electron chi connectivity index (χ0n) is 41.0. The average molecular weight is 1010 g/mol. The second-order valence-electron chi connectivity index (χ2n) is 19.8. The fraction of sp³-hybridized carbons (Fsp3) is 0.481. The molecule has 0 saturated carbocycles. The number of hydrogen-bond donors (Lipinski definition) is 0. The van der Waals surface area contributed by atoms with Crippen LogP contribution in [0, 0.1) is 5.82 Å². The number of carbonyl (C=O) groups is 4. The second-order valence-corrected chi connectivity index (χ2v) is 19.8. The minimum atomic E-state index is -5.14. The van der Waals surface area contributed by atoms with Crippen LogP contribution in [0.3, 0.4) is 0 Å². The van der Waals surface area contributed by atoms with E-state index in [1.54, 1.807) is 52.9 Å². The van der Waals surface area contributed by atoms with Crippen molar-refractivity contribution >= 4 is 29.5 Å². The number of halogens is 7. The molecule has 388 valence electrons. The highest BCUT2D eigenvalue weighted by Crippen LogP contribution is 2.48. The van der Waals surface area contributed by atoms with E-state index in [2.05, 4.69) is 22.0 Å². The van der Waals surface area contributed by atoms with Crippen molar-refractivity contribution in [1.29, 1.82) is 0 Å². The van der Waals surface area contributed by atoms with Crippen molar-refractivity contribution in [3.8, 4) is 0 Å². The van der Waals surface area contributed by atoms with Gasteiger partial charge in [-0.2, -0.15) is 26.3 Å². The Labute approximate surface area is 413 Å². The van der Waals surface area contributed by atoms with E-state index in [0.29, 0.717) is 81.8 Å². The molecule has 72 heavy (non-hydrogen) atoms. The van der Waals surface area contributed by atoms with Crippen molar-refractivity contribution < 1.29 is 64.1 Å². The van der Waals surface area contributed by atoms with E-state index in [4.69, 9.17) is 14.2 Å². The van der Waals surface area contributed by atoms with Crippen LogP contribution in [-0.2, 0) is 48.8 Å². The lowest BCUT2D eigenvalue weighted by Gasteiger charge is -2.44. The third-order valence-corrected chi connectivity index (χ3v) is 13.8. The first kappa shape index (κ1) is 53.7. The summed E-state index contributed by atoms with van der Waals surface area (Å²) in [5.74, 6) is -2.15. The van der Waals surface area contributed by atoms with E-state index in [1.165, 1.54) is 46.3 Å². The van der Waals surface area contributed by atoms with Gasteiger partial charge in [-0.25, -0.2) is 14.2 Å². The van der Waals surface area contributed by atoms with Crippen LogP contribution in [0.4, 0.5) is 41.2 Å². The first-order valence-electron chi connectivity index (χ1n) is 23.6. The summed E-state index contributed by atoms with van der Waals surface area (Å²) in [6.07, 6.45) is -7.04. The SMILES string of the molecule is CN(CCCN(C)C(=O)c1ccc(N(C)C(=O)OC(C)(C)C)cn1)C(=O)CO[C@H]1Cc2ccccc2C12CCN(CC[C@@]1(c3ccc(F)cc3)CN(C(=O)c3cc(C(F)(F)F)cc(C(F)(F)F)c3)CO1)CC2. The maximum Gasteiger partial charge on any atom is 0.416 e.